The first-order chi connectivity index (χ1) is 17.0. The van der Waals surface area contributed by atoms with Gasteiger partial charge in [-0.3, -0.25) is 4.79 Å². The first-order valence-corrected chi connectivity index (χ1v) is 13.9. The van der Waals surface area contributed by atoms with Gasteiger partial charge in [0, 0.05) is 13.0 Å². The lowest BCUT2D eigenvalue weighted by Crippen LogP contribution is -2.51. The van der Waals surface area contributed by atoms with Gasteiger partial charge < -0.3 is 4.90 Å². The molecule has 1 aromatic rings. The van der Waals surface area contributed by atoms with Crippen molar-refractivity contribution < 1.29 is 18.0 Å². The van der Waals surface area contributed by atoms with Crippen LogP contribution in [0.3, 0.4) is 0 Å². The van der Waals surface area contributed by atoms with E-state index < -0.39 is 12.1 Å². The van der Waals surface area contributed by atoms with Crippen molar-refractivity contribution in [2.45, 2.75) is 83.9 Å². The first kappa shape index (κ1) is 25.6. The summed E-state index contributed by atoms with van der Waals surface area (Å²) in [4.78, 5) is 15.7. The second-order valence-electron chi connectivity index (χ2n) is 12.5. The number of carbonyl (C=O) groups excluding carboxylic acids is 1. The number of fused-ring (bicyclic) bond motifs is 5. The number of rotatable bonds is 3. The maximum Gasteiger partial charge on any atom is 0.391 e. The molecule has 5 rings (SSSR count). The Morgan fingerprint density at radius 2 is 1.72 bits per heavy atom. The van der Waals surface area contributed by atoms with Crippen LogP contribution in [0.25, 0.3) is 0 Å². The van der Waals surface area contributed by atoms with Crippen LogP contribution in [0.2, 0.25) is 0 Å². The molecule has 0 spiro atoms. The number of amides is 1. The Balaban J connectivity index is 1.28. The summed E-state index contributed by atoms with van der Waals surface area (Å²) in [5, 5.41) is 9.08. The topological polar surface area (TPSA) is 44.1 Å². The normalized spacial score (nSPS) is 38.8. The molecule has 0 saturated heterocycles. The van der Waals surface area contributed by atoms with Crippen molar-refractivity contribution in [3.63, 3.8) is 0 Å². The largest absolute Gasteiger partial charge is 0.391 e. The molecule has 196 valence electrons. The van der Waals surface area contributed by atoms with Gasteiger partial charge in [-0.1, -0.05) is 19.1 Å². The van der Waals surface area contributed by atoms with Crippen LogP contribution < -0.4 is 0 Å². The van der Waals surface area contributed by atoms with E-state index in [9.17, 15) is 18.0 Å². The highest BCUT2D eigenvalue weighted by Gasteiger charge is 2.59. The fraction of sp³-hybridized carbons (Fsp3) is 0.733. The summed E-state index contributed by atoms with van der Waals surface area (Å²) < 4.78 is 40.2. The van der Waals surface area contributed by atoms with E-state index >= 15 is 0 Å². The predicted octanol–water partition coefficient (Wildman–Crippen LogP) is 7.52. The molecular weight excluding hydrogens is 461 g/mol. The van der Waals surface area contributed by atoms with E-state index in [4.69, 9.17) is 5.26 Å². The van der Waals surface area contributed by atoms with E-state index in [2.05, 4.69) is 13.0 Å². The molecule has 4 fully saturated rings. The molecular formula is C30H39F3N2O. The first-order valence-electron chi connectivity index (χ1n) is 13.9. The standard InChI is InChI=1S/C30H39F3N2O/c1-18(20-6-4-19(17-34)5-7-20)35(3)28(36)27-13-12-26-25-10-8-21-16-22(30(31,32)33)9-11-23(21)24(25)14-15-29(26,27)2/h4-7,18,21-27H,8-16H2,1-3H3/t18?,21?,22-,23?,24?,25?,26?,27?,29?/m0/s1. The van der Waals surface area contributed by atoms with Gasteiger partial charge in [-0.25, -0.2) is 0 Å². The fourth-order valence-electron chi connectivity index (χ4n) is 9.05. The van der Waals surface area contributed by atoms with Crippen LogP contribution in [0.1, 0.15) is 88.8 Å². The average Bonchev–Trinajstić information content (AvgIpc) is 3.23. The summed E-state index contributed by atoms with van der Waals surface area (Å²) >= 11 is 0. The molecule has 4 aliphatic rings. The summed E-state index contributed by atoms with van der Waals surface area (Å²) in [6.45, 7) is 4.37. The molecule has 1 aromatic carbocycles. The van der Waals surface area contributed by atoms with E-state index in [0.717, 1.165) is 50.5 Å². The number of alkyl halides is 3. The molecule has 0 bridgehead atoms. The third-order valence-electron chi connectivity index (χ3n) is 11.2. The van der Waals surface area contributed by atoms with Crippen LogP contribution in [-0.2, 0) is 4.79 Å². The Kier molecular flexibility index (Phi) is 6.67. The number of benzene rings is 1. The van der Waals surface area contributed by atoms with E-state index in [1.807, 2.05) is 31.0 Å². The fourth-order valence-corrected chi connectivity index (χ4v) is 9.05. The number of carbonyl (C=O) groups is 1. The molecule has 9 atom stereocenters. The molecule has 4 aliphatic carbocycles. The maximum absolute atomic E-state index is 13.8. The van der Waals surface area contributed by atoms with E-state index in [0.29, 0.717) is 42.1 Å². The lowest BCUT2D eigenvalue weighted by Gasteiger charge is -2.56. The summed E-state index contributed by atoms with van der Waals surface area (Å²) in [5.41, 5.74) is 1.62. The van der Waals surface area contributed by atoms with Gasteiger partial charge >= 0.3 is 6.18 Å². The molecule has 3 nitrogen and oxygen atoms in total. The molecule has 1 amide bonds. The van der Waals surface area contributed by atoms with E-state index in [1.165, 1.54) is 0 Å². The van der Waals surface area contributed by atoms with Gasteiger partial charge in [0.05, 0.1) is 23.6 Å². The monoisotopic (exact) mass is 500 g/mol. The van der Waals surface area contributed by atoms with Gasteiger partial charge in [0.1, 0.15) is 0 Å². The van der Waals surface area contributed by atoms with Gasteiger partial charge in [-0.15, -0.1) is 0 Å². The Hall–Kier alpha value is -2.03. The van der Waals surface area contributed by atoms with Crippen molar-refractivity contribution in [3.05, 3.63) is 35.4 Å². The number of hydrogen-bond donors (Lipinski definition) is 0. The number of nitriles is 1. The third kappa shape index (κ3) is 4.25. The zero-order chi connectivity index (χ0) is 25.8. The zero-order valence-corrected chi connectivity index (χ0v) is 21.7. The molecule has 0 heterocycles. The van der Waals surface area contributed by atoms with Crippen molar-refractivity contribution in [3.8, 4) is 6.07 Å². The minimum absolute atomic E-state index is 0.00738. The van der Waals surface area contributed by atoms with Crippen molar-refractivity contribution in [2.75, 3.05) is 7.05 Å². The maximum atomic E-state index is 13.8. The van der Waals surface area contributed by atoms with Crippen LogP contribution in [0, 0.1) is 58.2 Å². The molecule has 0 aliphatic heterocycles. The Labute approximate surface area is 213 Å². The summed E-state index contributed by atoms with van der Waals surface area (Å²) in [5.74, 6) is 1.40. The SMILES string of the molecule is CC(c1ccc(C#N)cc1)N(C)C(=O)C1CCC2C3CCC4C[C@@H](C(F)(F)F)CCC4C3CCC12C. The van der Waals surface area contributed by atoms with Crippen LogP contribution in [0.4, 0.5) is 13.2 Å². The Bertz CT molecular complexity index is 1010. The van der Waals surface area contributed by atoms with Crippen LogP contribution in [0.5, 0.6) is 0 Å². The lowest BCUT2D eigenvalue weighted by molar-refractivity contribution is -0.196. The number of halogens is 3. The quantitative estimate of drug-likeness (QED) is 0.431. The van der Waals surface area contributed by atoms with Crippen molar-refractivity contribution in [2.24, 2.45) is 46.8 Å². The second-order valence-corrected chi connectivity index (χ2v) is 12.5. The van der Waals surface area contributed by atoms with Gasteiger partial charge in [-0.05, 0) is 117 Å². The Morgan fingerprint density at radius 3 is 2.39 bits per heavy atom. The average molecular weight is 501 g/mol. The van der Waals surface area contributed by atoms with Crippen molar-refractivity contribution >= 4 is 5.91 Å². The molecule has 6 heteroatoms. The minimum Gasteiger partial charge on any atom is -0.339 e. The van der Waals surface area contributed by atoms with Crippen LogP contribution in [-0.4, -0.2) is 24.0 Å². The molecule has 0 N–H and O–H groups in total. The zero-order valence-electron chi connectivity index (χ0n) is 21.7. The molecule has 4 saturated carbocycles. The summed E-state index contributed by atoms with van der Waals surface area (Å²) in [6, 6.07) is 9.55. The van der Waals surface area contributed by atoms with Gasteiger partial charge in [-0.2, -0.15) is 18.4 Å². The van der Waals surface area contributed by atoms with Crippen molar-refractivity contribution in [1.29, 1.82) is 5.26 Å². The Morgan fingerprint density at radius 1 is 1.03 bits per heavy atom. The number of hydrogen-bond acceptors (Lipinski definition) is 2. The molecule has 0 radical (unpaired) electrons. The number of nitrogens with zero attached hydrogens (tertiary/aromatic N) is 2. The molecule has 36 heavy (non-hydrogen) atoms. The van der Waals surface area contributed by atoms with Crippen LogP contribution in [0.15, 0.2) is 24.3 Å². The predicted molar refractivity (Wildman–Crippen MR) is 132 cm³/mol. The van der Waals surface area contributed by atoms with Gasteiger partial charge in [0.2, 0.25) is 5.91 Å². The van der Waals surface area contributed by atoms with E-state index in [1.54, 1.807) is 12.1 Å². The van der Waals surface area contributed by atoms with Gasteiger partial charge in [0.25, 0.3) is 0 Å². The summed E-state index contributed by atoms with van der Waals surface area (Å²) in [6.07, 6.45) is 3.34. The smallest absolute Gasteiger partial charge is 0.339 e. The van der Waals surface area contributed by atoms with Crippen molar-refractivity contribution in [1.82, 2.24) is 4.90 Å². The highest BCUT2D eigenvalue weighted by atomic mass is 19.4. The summed E-state index contributed by atoms with van der Waals surface area (Å²) in [7, 11) is 1.90. The lowest BCUT2D eigenvalue weighted by atomic mass is 9.49. The highest BCUT2D eigenvalue weighted by molar-refractivity contribution is 5.80. The van der Waals surface area contributed by atoms with Crippen LogP contribution >= 0.6 is 0 Å². The highest BCUT2D eigenvalue weighted by Crippen LogP contribution is 2.65. The van der Waals surface area contributed by atoms with Gasteiger partial charge in [0.15, 0.2) is 0 Å². The third-order valence-corrected chi connectivity index (χ3v) is 11.2. The minimum atomic E-state index is -4.05. The second kappa shape index (κ2) is 9.37. The molecule has 0 aromatic heterocycles. The van der Waals surface area contributed by atoms with E-state index in [-0.39, 0.29) is 29.2 Å². The molecule has 8 unspecified atom stereocenters.